The summed E-state index contributed by atoms with van der Waals surface area (Å²) in [5.41, 5.74) is 0.859. The third-order valence-electron chi connectivity index (χ3n) is 2.34. The van der Waals surface area contributed by atoms with Crippen molar-refractivity contribution in [2.24, 2.45) is 0 Å². The molecule has 0 fully saturated rings. The van der Waals surface area contributed by atoms with Crippen molar-refractivity contribution in [3.8, 4) is 16.9 Å². The van der Waals surface area contributed by atoms with Crippen LogP contribution in [0.25, 0.3) is 11.1 Å². The van der Waals surface area contributed by atoms with Crippen LogP contribution in [-0.4, -0.2) is 16.3 Å². The van der Waals surface area contributed by atoms with Gasteiger partial charge in [0.05, 0.1) is 0 Å². The number of halogens is 3. The predicted octanol–water partition coefficient (Wildman–Crippen LogP) is 3.56. The Kier molecular flexibility index (Phi) is 3.55. The molecule has 0 aliphatic carbocycles. The summed E-state index contributed by atoms with van der Waals surface area (Å²) in [6.45, 7) is 0. The Labute approximate surface area is 110 Å². The predicted molar refractivity (Wildman–Crippen MR) is 63.0 cm³/mol. The Morgan fingerprint density at radius 2 is 1.90 bits per heavy atom. The van der Waals surface area contributed by atoms with Crippen LogP contribution in [0.2, 0.25) is 0 Å². The van der Waals surface area contributed by atoms with Gasteiger partial charge in [-0.15, -0.1) is 13.2 Å². The summed E-state index contributed by atoms with van der Waals surface area (Å²) in [6, 6.07) is 7.85. The number of hydrogen-bond donors (Lipinski definition) is 0. The van der Waals surface area contributed by atoms with Crippen LogP contribution in [0, 0.1) is 10.1 Å². The maximum atomic E-state index is 12.1. The molecule has 104 valence electrons. The fourth-order valence-corrected chi connectivity index (χ4v) is 1.54. The zero-order valence-electron chi connectivity index (χ0n) is 9.79. The Bertz CT molecular complexity index is 627. The van der Waals surface area contributed by atoms with E-state index in [9.17, 15) is 23.3 Å². The molecule has 0 radical (unpaired) electrons. The van der Waals surface area contributed by atoms with Gasteiger partial charge in [0, 0.05) is 11.6 Å². The summed E-state index contributed by atoms with van der Waals surface area (Å²) in [5, 5.41) is 10.5. The lowest BCUT2D eigenvalue weighted by atomic mass is 10.1. The average Bonchev–Trinajstić information content (AvgIpc) is 2.37. The molecule has 20 heavy (non-hydrogen) atoms. The second-order valence-corrected chi connectivity index (χ2v) is 3.74. The lowest BCUT2D eigenvalue weighted by Gasteiger charge is -2.09. The summed E-state index contributed by atoms with van der Waals surface area (Å²) in [6.07, 6.45) is -3.56. The van der Waals surface area contributed by atoms with Gasteiger partial charge in [-0.25, -0.2) is 0 Å². The van der Waals surface area contributed by atoms with Crippen LogP contribution in [0.3, 0.4) is 0 Å². The van der Waals surface area contributed by atoms with Gasteiger partial charge in [0.2, 0.25) is 0 Å². The fourth-order valence-electron chi connectivity index (χ4n) is 1.54. The largest absolute Gasteiger partial charge is 0.573 e. The van der Waals surface area contributed by atoms with Gasteiger partial charge >= 0.3 is 12.2 Å². The van der Waals surface area contributed by atoms with Gasteiger partial charge in [0.15, 0.2) is 0 Å². The molecular weight excluding hydrogens is 277 g/mol. The highest BCUT2D eigenvalue weighted by Crippen LogP contribution is 2.28. The minimum absolute atomic E-state index is 0.337. The van der Waals surface area contributed by atoms with E-state index in [0.717, 1.165) is 6.07 Å². The molecule has 1 aromatic carbocycles. The first-order valence-electron chi connectivity index (χ1n) is 5.32. The van der Waals surface area contributed by atoms with Gasteiger partial charge < -0.3 is 14.9 Å². The van der Waals surface area contributed by atoms with Crippen LogP contribution in [0.15, 0.2) is 42.6 Å². The number of ether oxygens (including phenoxy) is 1. The quantitative estimate of drug-likeness (QED) is 0.638. The summed E-state index contributed by atoms with van der Waals surface area (Å²) in [5.74, 6) is -0.704. The van der Waals surface area contributed by atoms with Crippen molar-refractivity contribution in [1.82, 2.24) is 4.98 Å². The highest BCUT2D eigenvalue weighted by atomic mass is 19.4. The van der Waals surface area contributed by atoms with E-state index >= 15 is 0 Å². The monoisotopic (exact) mass is 284 g/mol. The third-order valence-corrected chi connectivity index (χ3v) is 2.34. The van der Waals surface area contributed by atoms with Crippen LogP contribution >= 0.6 is 0 Å². The second-order valence-electron chi connectivity index (χ2n) is 3.74. The topological polar surface area (TPSA) is 65.3 Å². The van der Waals surface area contributed by atoms with Crippen molar-refractivity contribution >= 4 is 5.82 Å². The molecule has 0 N–H and O–H groups in total. The van der Waals surface area contributed by atoms with Gasteiger partial charge in [-0.3, -0.25) is 0 Å². The van der Waals surface area contributed by atoms with Gasteiger partial charge in [0.1, 0.15) is 11.9 Å². The number of aromatic nitrogens is 1. The number of benzene rings is 1. The van der Waals surface area contributed by atoms with Gasteiger partial charge in [-0.2, -0.15) is 0 Å². The molecule has 0 amide bonds. The van der Waals surface area contributed by atoms with Crippen molar-refractivity contribution in [1.29, 1.82) is 0 Å². The van der Waals surface area contributed by atoms with Crippen molar-refractivity contribution in [2.45, 2.75) is 6.36 Å². The molecule has 0 aliphatic rings. The van der Waals surface area contributed by atoms with Crippen molar-refractivity contribution in [3.05, 3.63) is 52.7 Å². The van der Waals surface area contributed by atoms with Crippen molar-refractivity contribution < 1.29 is 22.8 Å². The summed E-state index contributed by atoms with van der Waals surface area (Å²) < 4.78 is 40.1. The van der Waals surface area contributed by atoms with Gasteiger partial charge in [-0.05, 0) is 33.7 Å². The van der Waals surface area contributed by atoms with E-state index in [2.05, 4.69) is 9.72 Å². The van der Waals surface area contributed by atoms with E-state index in [4.69, 9.17) is 0 Å². The lowest BCUT2D eigenvalue weighted by Crippen LogP contribution is -2.17. The lowest BCUT2D eigenvalue weighted by molar-refractivity contribution is -0.389. The van der Waals surface area contributed by atoms with Crippen LogP contribution in [0.5, 0.6) is 5.75 Å². The molecule has 1 aromatic heterocycles. The van der Waals surface area contributed by atoms with E-state index in [0.29, 0.717) is 11.1 Å². The SMILES string of the molecule is O=[N+]([O-])c1ccc(-c2cccc(OC(F)(F)F)c2)cn1. The minimum Gasteiger partial charge on any atom is -0.406 e. The molecule has 0 unspecified atom stereocenters. The highest BCUT2D eigenvalue weighted by Gasteiger charge is 2.31. The van der Waals surface area contributed by atoms with Crippen molar-refractivity contribution in [2.75, 3.05) is 0 Å². The number of alkyl halides is 3. The number of pyridine rings is 1. The van der Waals surface area contributed by atoms with Crippen molar-refractivity contribution in [3.63, 3.8) is 0 Å². The standard InChI is InChI=1S/C12H7F3N2O3/c13-12(14,15)20-10-3-1-2-8(6-10)9-4-5-11(16-7-9)17(18)19/h1-7H. The smallest absolute Gasteiger partial charge is 0.406 e. The Morgan fingerprint density at radius 1 is 1.15 bits per heavy atom. The van der Waals surface area contributed by atoms with E-state index < -0.39 is 11.3 Å². The Balaban J connectivity index is 2.28. The Morgan fingerprint density at radius 3 is 2.45 bits per heavy atom. The third kappa shape index (κ3) is 3.44. The zero-order chi connectivity index (χ0) is 14.8. The maximum absolute atomic E-state index is 12.1. The number of hydrogen-bond acceptors (Lipinski definition) is 4. The molecule has 0 spiro atoms. The van der Waals surface area contributed by atoms with Gasteiger partial charge in [0.25, 0.3) is 0 Å². The fraction of sp³-hybridized carbons (Fsp3) is 0.0833. The highest BCUT2D eigenvalue weighted by molar-refractivity contribution is 5.64. The molecule has 0 bridgehead atoms. The summed E-state index contributed by atoms with van der Waals surface area (Å²) in [4.78, 5) is 13.4. The molecule has 0 atom stereocenters. The first-order chi connectivity index (χ1) is 9.35. The Hall–Kier alpha value is -2.64. The molecule has 2 aromatic rings. The molecule has 5 nitrogen and oxygen atoms in total. The summed E-state index contributed by atoms with van der Waals surface area (Å²) in [7, 11) is 0. The first kappa shape index (κ1) is 13.8. The first-order valence-corrected chi connectivity index (χ1v) is 5.32. The second kappa shape index (κ2) is 5.16. The molecule has 8 heteroatoms. The normalized spacial score (nSPS) is 11.2. The summed E-state index contributed by atoms with van der Waals surface area (Å²) >= 11 is 0. The van der Waals surface area contributed by atoms with E-state index in [1.54, 1.807) is 6.07 Å². The van der Waals surface area contributed by atoms with Crippen LogP contribution in [-0.2, 0) is 0 Å². The molecular formula is C12H7F3N2O3. The van der Waals surface area contributed by atoms with Crippen LogP contribution in [0.4, 0.5) is 19.0 Å². The average molecular weight is 284 g/mol. The number of nitrogens with zero attached hydrogens (tertiary/aromatic N) is 2. The van der Waals surface area contributed by atoms with E-state index in [1.807, 2.05) is 0 Å². The maximum Gasteiger partial charge on any atom is 0.573 e. The van der Waals surface area contributed by atoms with E-state index in [1.165, 1.54) is 30.5 Å². The van der Waals surface area contributed by atoms with E-state index in [-0.39, 0.29) is 11.6 Å². The molecule has 1 heterocycles. The molecule has 0 saturated heterocycles. The number of nitro groups is 1. The molecule has 0 aliphatic heterocycles. The number of rotatable bonds is 3. The molecule has 2 rings (SSSR count). The zero-order valence-corrected chi connectivity index (χ0v) is 9.79. The van der Waals surface area contributed by atoms with Crippen LogP contribution in [0.1, 0.15) is 0 Å². The molecule has 0 saturated carbocycles. The minimum atomic E-state index is -4.77. The van der Waals surface area contributed by atoms with Crippen LogP contribution < -0.4 is 4.74 Å². The van der Waals surface area contributed by atoms with Gasteiger partial charge in [-0.1, -0.05) is 12.1 Å².